The Kier molecular flexibility index (Phi) is 3.84. The molecule has 76 valence electrons. The van der Waals surface area contributed by atoms with E-state index in [2.05, 4.69) is 0 Å². The highest BCUT2D eigenvalue weighted by atomic mass is 16.3. The molecule has 0 amide bonds. The largest absolute Gasteiger partial charge is 0.381 e. The molecule has 0 bridgehead atoms. The summed E-state index contributed by atoms with van der Waals surface area (Å²) in [7, 11) is 0. The summed E-state index contributed by atoms with van der Waals surface area (Å²) in [5, 5.41) is 9.74. The van der Waals surface area contributed by atoms with Crippen LogP contribution in [0.3, 0.4) is 0 Å². The molecule has 0 saturated heterocycles. The first-order valence-corrected chi connectivity index (χ1v) is 4.93. The van der Waals surface area contributed by atoms with Gasteiger partial charge in [0.2, 0.25) is 0 Å². The molecule has 1 rings (SSSR count). The lowest BCUT2D eigenvalue weighted by Gasteiger charge is -2.13. The van der Waals surface area contributed by atoms with Crippen molar-refractivity contribution in [1.29, 1.82) is 0 Å². The molecule has 0 aliphatic carbocycles. The zero-order chi connectivity index (χ0) is 10.6. The lowest BCUT2D eigenvalue weighted by molar-refractivity contribution is -0.131. The van der Waals surface area contributed by atoms with Crippen molar-refractivity contribution >= 4 is 5.78 Å². The molecule has 1 aromatic rings. The maximum Gasteiger partial charge on any atom is 0.168 e. The minimum atomic E-state index is -0.967. The Labute approximate surface area is 84.6 Å². The molecule has 0 aliphatic heterocycles. The van der Waals surface area contributed by atoms with Gasteiger partial charge in [-0.3, -0.25) is 4.79 Å². The molecule has 0 aromatic heterocycles. The molecule has 1 aromatic carbocycles. The smallest absolute Gasteiger partial charge is 0.168 e. The summed E-state index contributed by atoms with van der Waals surface area (Å²) in [6.07, 6.45) is -0.200. The van der Waals surface area contributed by atoms with Crippen molar-refractivity contribution in [3.8, 4) is 0 Å². The van der Waals surface area contributed by atoms with Gasteiger partial charge in [0.1, 0.15) is 6.10 Å². The molecule has 2 atom stereocenters. The summed E-state index contributed by atoms with van der Waals surface area (Å²) in [6.45, 7) is 3.79. The lowest BCUT2D eigenvalue weighted by atomic mass is 9.95. The molecule has 0 spiro atoms. The van der Waals surface area contributed by atoms with Crippen LogP contribution in [-0.4, -0.2) is 10.9 Å². The number of rotatable bonds is 4. The Morgan fingerprint density at radius 3 is 2.43 bits per heavy atom. The molecule has 0 fully saturated rings. The average Bonchev–Trinajstić information content (AvgIpc) is 2.27. The van der Waals surface area contributed by atoms with Crippen LogP contribution in [0.5, 0.6) is 0 Å². The highest BCUT2D eigenvalue weighted by Gasteiger charge is 2.21. The Morgan fingerprint density at radius 1 is 1.36 bits per heavy atom. The molecule has 2 nitrogen and oxygen atoms in total. The topological polar surface area (TPSA) is 37.3 Å². The van der Waals surface area contributed by atoms with Crippen LogP contribution < -0.4 is 0 Å². The Morgan fingerprint density at radius 2 is 1.93 bits per heavy atom. The van der Waals surface area contributed by atoms with E-state index in [-0.39, 0.29) is 11.7 Å². The molecular formula is C12H16O2. The van der Waals surface area contributed by atoms with Gasteiger partial charge in [0.15, 0.2) is 5.78 Å². The average molecular weight is 192 g/mol. The van der Waals surface area contributed by atoms with E-state index in [9.17, 15) is 9.90 Å². The van der Waals surface area contributed by atoms with Crippen LogP contribution in [0.25, 0.3) is 0 Å². The van der Waals surface area contributed by atoms with Gasteiger partial charge in [-0.2, -0.15) is 0 Å². The number of carbonyl (C=O) groups is 1. The molecule has 0 heterocycles. The molecule has 1 N–H and O–H groups in total. The van der Waals surface area contributed by atoms with E-state index >= 15 is 0 Å². The fraction of sp³-hybridized carbons (Fsp3) is 0.417. The van der Waals surface area contributed by atoms with E-state index in [1.54, 1.807) is 12.1 Å². The zero-order valence-corrected chi connectivity index (χ0v) is 8.60. The maximum atomic E-state index is 11.6. The van der Waals surface area contributed by atoms with Crippen molar-refractivity contribution in [3.63, 3.8) is 0 Å². The van der Waals surface area contributed by atoms with Crippen molar-refractivity contribution in [1.82, 2.24) is 0 Å². The van der Waals surface area contributed by atoms with E-state index in [1.807, 2.05) is 32.0 Å². The van der Waals surface area contributed by atoms with Gasteiger partial charge in [-0.25, -0.2) is 0 Å². The van der Waals surface area contributed by atoms with Crippen LogP contribution in [0.4, 0.5) is 0 Å². The Balaban J connectivity index is 2.76. The van der Waals surface area contributed by atoms with E-state index in [4.69, 9.17) is 0 Å². The van der Waals surface area contributed by atoms with Crippen LogP contribution in [0.15, 0.2) is 30.3 Å². The third-order valence-electron chi connectivity index (χ3n) is 2.48. The summed E-state index contributed by atoms with van der Waals surface area (Å²) in [6, 6.07) is 9.05. The van der Waals surface area contributed by atoms with Gasteiger partial charge in [-0.1, -0.05) is 44.2 Å². The number of carbonyl (C=O) groups excluding carboxylic acids is 1. The normalized spacial score (nSPS) is 14.8. The highest BCUT2D eigenvalue weighted by Crippen LogP contribution is 2.18. The molecule has 2 heteroatoms. The minimum absolute atomic E-state index is 0.0785. The summed E-state index contributed by atoms with van der Waals surface area (Å²) in [4.78, 5) is 11.6. The summed E-state index contributed by atoms with van der Waals surface area (Å²) in [5.41, 5.74) is 0.679. The predicted octanol–water partition coefficient (Wildman–Crippen LogP) is 2.34. The van der Waals surface area contributed by atoms with Crippen LogP contribution in [0.1, 0.15) is 31.9 Å². The first kappa shape index (κ1) is 10.9. The van der Waals surface area contributed by atoms with Gasteiger partial charge in [-0.05, 0) is 12.0 Å². The standard InChI is InChI=1S/C12H16O2/c1-3-9(2)11(13)12(14)10-7-5-4-6-8-10/h4-9,12,14H,3H2,1-2H3/t9-,12+/m0/s1. The third kappa shape index (κ3) is 2.42. The SMILES string of the molecule is CC[C@H](C)C(=O)[C@H](O)c1ccccc1. The Bertz CT molecular complexity index is 292. The van der Waals surface area contributed by atoms with Crippen LogP contribution >= 0.6 is 0 Å². The fourth-order valence-corrected chi connectivity index (χ4v) is 1.27. The van der Waals surface area contributed by atoms with Gasteiger partial charge < -0.3 is 5.11 Å². The lowest BCUT2D eigenvalue weighted by Crippen LogP contribution is -2.19. The summed E-state index contributed by atoms with van der Waals surface area (Å²) < 4.78 is 0. The van der Waals surface area contributed by atoms with E-state index in [0.29, 0.717) is 5.56 Å². The summed E-state index contributed by atoms with van der Waals surface area (Å²) in [5.74, 6) is -0.177. The van der Waals surface area contributed by atoms with Gasteiger partial charge in [0, 0.05) is 5.92 Å². The predicted molar refractivity (Wildman–Crippen MR) is 55.9 cm³/mol. The van der Waals surface area contributed by atoms with Crippen LogP contribution in [0.2, 0.25) is 0 Å². The van der Waals surface area contributed by atoms with Gasteiger partial charge in [0.25, 0.3) is 0 Å². The second-order valence-electron chi connectivity index (χ2n) is 3.52. The van der Waals surface area contributed by atoms with Crippen LogP contribution in [0, 0.1) is 5.92 Å². The van der Waals surface area contributed by atoms with Crippen molar-refractivity contribution < 1.29 is 9.90 Å². The zero-order valence-electron chi connectivity index (χ0n) is 8.60. The second kappa shape index (κ2) is 4.91. The number of hydrogen-bond acceptors (Lipinski definition) is 2. The first-order chi connectivity index (χ1) is 6.66. The molecule has 14 heavy (non-hydrogen) atoms. The van der Waals surface area contributed by atoms with Crippen molar-refractivity contribution in [2.45, 2.75) is 26.4 Å². The van der Waals surface area contributed by atoms with E-state index in [1.165, 1.54) is 0 Å². The molecule has 0 saturated carbocycles. The number of Topliss-reactive ketones (excluding diaryl/α,β-unsaturated/α-hetero) is 1. The maximum absolute atomic E-state index is 11.6. The highest BCUT2D eigenvalue weighted by molar-refractivity contribution is 5.85. The van der Waals surface area contributed by atoms with Crippen LogP contribution in [-0.2, 0) is 4.79 Å². The first-order valence-electron chi connectivity index (χ1n) is 4.93. The second-order valence-corrected chi connectivity index (χ2v) is 3.52. The van der Waals surface area contributed by atoms with Crippen molar-refractivity contribution in [2.24, 2.45) is 5.92 Å². The molecular weight excluding hydrogens is 176 g/mol. The van der Waals surface area contributed by atoms with Crippen molar-refractivity contribution in [3.05, 3.63) is 35.9 Å². The number of aliphatic hydroxyl groups excluding tert-OH is 1. The number of hydrogen-bond donors (Lipinski definition) is 1. The van der Waals surface area contributed by atoms with E-state index in [0.717, 1.165) is 6.42 Å². The third-order valence-corrected chi connectivity index (χ3v) is 2.48. The Hall–Kier alpha value is -1.15. The van der Waals surface area contributed by atoms with E-state index < -0.39 is 6.10 Å². The number of aliphatic hydroxyl groups is 1. The quantitative estimate of drug-likeness (QED) is 0.795. The monoisotopic (exact) mass is 192 g/mol. The van der Waals surface area contributed by atoms with Gasteiger partial charge >= 0.3 is 0 Å². The van der Waals surface area contributed by atoms with Gasteiger partial charge in [0.05, 0.1) is 0 Å². The van der Waals surface area contributed by atoms with Gasteiger partial charge in [-0.15, -0.1) is 0 Å². The number of ketones is 1. The minimum Gasteiger partial charge on any atom is -0.381 e. The number of benzene rings is 1. The molecule has 0 unspecified atom stereocenters. The molecule has 0 aliphatic rings. The fourth-order valence-electron chi connectivity index (χ4n) is 1.27. The van der Waals surface area contributed by atoms with Crippen molar-refractivity contribution in [2.75, 3.05) is 0 Å². The summed E-state index contributed by atoms with van der Waals surface area (Å²) >= 11 is 0. The molecule has 0 radical (unpaired) electrons.